The minimum absolute atomic E-state index is 0.167. The number of hydrogen-bond acceptors (Lipinski definition) is 4. The molecular weight excluding hydrogens is 359 g/mol. The first-order valence-corrected chi connectivity index (χ1v) is 8.43. The molecule has 0 radical (unpaired) electrons. The van der Waals surface area contributed by atoms with E-state index in [9.17, 15) is 23.3 Å². The van der Waals surface area contributed by atoms with Gasteiger partial charge >= 0.3 is 0 Å². The molecule has 1 unspecified atom stereocenters. The molecule has 2 aromatic carbocycles. The maximum atomic E-state index is 14.7. The van der Waals surface area contributed by atoms with Crippen LogP contribution in [0.2, 0.25) is 0 Å². The molecule has 1 saturated heterocycles. The smallest absolute Gasteiger partial charge is 0.293 e. The first-order chi connectivity index (χ1) is 12.9. The van der Waals surface area contributed by atoms with E-state index in [0.29, 0.717) is 37.7 Å². The van der Waals surface area contributed by atoms with Crippen molar-refractivity contribution < 1.29 is 18.1 Å². The number of nitrogens with zero attached hydrogens (tertiary/aromatic N) is 3. The highest BCUT2D eigenvalue weighted by atomic mass is 19.1. The third kappa shape index (κ3) is 3.87. The van der Waals surface area contributed by atoms with Crippen molar-refractivity contribution in [3.63, 3.8) is 0 Å². The van der Waals surface area contributed by atoms with Gasteiger partial charge in [-0.25, -0.2) is 13.2 Å². The number of alkyl halides is 1. The van der Waals surface area contributed by atoms with Crippen molar-refractivity contribution in [1.82, 2.24) is 0 Å². The zero-order valence-corrected chi connectivity index (χ0v) is 14.2. The fourth-order valence-electron chi connectivity index (χ4n) is 3.42. The maximum absolute atomic E-state index is 14.7. The van der Waals surface area contributed by atoms with Crippen LogP contribution in [0.15, 0.2) is 36.4 Å². The van der Waals surface area contributed by atoms with E-state index in [-0.39, 0.29) is 16.8 Å². The minimum atomic E-state index is -1.57. The number of nitro benzene ring substituents is 1. The molecule has 8 heteroatoms. The predicted molar refractivity (Wildman–Crippen MR) is 93.0 cm³/mol. The van der Waals surface area contributed by atoms with E-state index < -0.39 is 28.6 Å². The Hall–Kier alpha value is -3.08. The molecule has 5 nitrogen and oxygen atoms in total. The van der Waals surface area contributed by atoms with Crippen LogP contribution in [0.3, 0.4) is 0 Å². The lowest BCUT2D eigenvalue weighted by Gasteiger charge is -2.34. The number of rotatable bonds is 4. The molecule has 0 N–H and O–H groups in total. The van der Waals surface area contributed by atoms with Gasteiger partial charge in [-0.2, -0.15) is 5.26 Å². The first kappa shape index (κ1) is 18.7. The third-order valence-corrected chi connectivity index (χ3v) is 4.85. The summed E-state index contributed by atoms with van der Waals surface area (Å²) in [5.41, 5.74) is 0.227. The van der Waals surface area contributed by atoms with E-state index >= 15 is 0 Å². The molecule has 3 rings (SSSR count). The van der Waals surface area contributed by atoms with Crippen molar-refractivity contribution in [3.8, 4) is 6.07 Å². The summed E-state index contributed by atoms with van der Waals surface area (Å²) in [4.78, 5) is 12.5. The SMILES string of the molecule is N#Cc1ccc(N2CCC(C(F)c3ccc(F)cc3F)CC2)c([N+](=O)[O-])c1. The van der Waals surface area contributed by atoms with Crippen molar-refractivity contribution in [1.29, 1.82) is 5.26 Å². The zero-order valence-electron chi connectivity index (χ0n) is 14.2. The Labute approximate surface area is 153 Å². The van der Waals surface area contributed by atoms with Crippen molar-refractivity contribution in [2.75, 3.05) is 18.0 Å². The van der Waals surface area contributed by atoms with Gasteiger partial charge in [0.1, 0.15) is 23.5 Å². The molecule has 0 aliphatic carbocycles. The summed E-state index contributed by atoms with van der Waals surface area (Å²) in [5.74, 6) is -2.13. The van der Waals surface area contributed by atoms with Gasteiger partial charge in [-0.05, 0) is 37.0 Å². The number of hydrogen-bond donors (Lipinski definition) is 0. The van der Waals surface area contributed by atoms with Gasteiger partial charge in [0.15, 0.2) is 0 Å². The first-order valence-electron chi connectivity index (χ1n) is 8.43. The second kappa shape index (κ2) is 7.66. The van der Waals surface area contributed by atoms with Crippen LogP contribution in [0.5, 0.6) is 0 Å². The Kier molecular flexibility index (Phi) is 5.31. The molecule has 1 heterocycles. The molecule has 140 valence electrons. The van der Waals surface area contributed by atoms with Crippen LogP contribution in [0.25, 0.3) is 0 Å². The van der Waals surface area contributed by atoms with Gasteiger partial charge in [-0.3, -0.25) is 10.1 Å². The Morgan fingerprint density at radius 1 is 1.19 bits per heavy atom. The molecule has 0 spiro atoms. The zero-order chi connectivity index (χ0) is 19.6. The maximum Gasteiger partial charge on any atom is 0.293 e. The average molecular weight is 375 g/mol. The standard InChI is InChI=1S/C19H16F3N3O2/c20-14-2-3-15(16(21)10-14)19(22)13-5-7-24(8-6-13)17-4-1-12(11-23)9-18(17)25(26)27/h1-4,9-10,13,19H,5-8H2. The van der Waals surface area contributed by atoms with E-state index in [2.05, 4.69) is 0 Å². The summed E-state index contributed by atoms with van der Waals surface area (Å²) in [5, 5.41) is 20.2. The van der Waals surface area contributed by atoms with Crippen LogP contribution < -0.4 is 4.90 Å². The molecule has 1 atom stereocenters. The highest BCUT2D eigenvalue weighted by molar-refractivity contribution is 5.65. The van der Waals surface area contributed by atoms with Crippen LogP contribution in [0.1, 0.15) is 30.1 Å². The Bertz CT molecular complexity index is 906. The number of nitriles is 1. The molecule has 27 heavy (non-hydrogen) atoms. The van der Waals surface area contributed by atoms with Gasteiger partial charge in [0.25, 0.3) is 5.69 Å². The van der Waals surface area contributed by atoms with Crippen LogP contribution in [-0.4, -0.2) is 18.0 Å². The summed E-state index contributed by atoms with van der Waals surface area (Å²) in [6, 6.07) is 8.91. The molecule has 1 aliphatic heterocycles. The lowest BCUT2D eigenvalue weighted by Crippen LogP contribution is -2.35. The molecule has 1 fully saturated rings. The van der Waals surface area contributed by atoms with Crippen molar-refractivity contribution in [3.05, 3.63) is 69.3 Å². The highest BCUT2D eigenvalue weighted by Crippen LogP contribution is 2.38. The van der Waals surface area contributed by atoms with Gasteiger partial charge in [-0.1, -0.05) is 6.07 Å². The predicted octanol–water partition coefficient (Wildman–Crippen LogP) is 4.67. The van der Waals surface area contributed by atoms with Crippen molar-refractivity contribution in [2.45, 2.75) is 19.0 Å². The molecule has 1 aliphatic rings. The largest absolute Gasteiger partial charge is 0.366 e. The molecule has 0 bridgehead atoms. The Morgan fingerprint density at radius 2 is 1.89 bits per heavy atom. The lowest BCUT2D eigenvalue weighted by molar-refractivity contribution is -0.384. The monoisotopic (exact) mass is 375 g/mol. The van der Waals surface area contributed by atoms with Crippen LogP contribution in [0, 0.1) is 39.0 Å². The Morgan fingerprint density at radius 3 is 2.48 bits per heavy atom. The van der Waals surface area contributed by atoms with Crippen LogP contribution >= 0.6 is 0 Å². The molecule has 0 aromatic heterocycles. The minimum Gasteiger partial charge on any atom is -0.366 e. The summed E-state index contributed by atoms with van der Waals surface area (Å²) in [7, 11) is 0. The van der Waals surface area contributed by atoms with Gasteiger partial charge in [0, 0.05) is 30.8 Å². The van der Waals surface area contributed by atoms with Gasteiger partial charge < -0.3 is 4.90 Å². The number of anilines is 1. The van der Waals surface area contributed by atoms with Gasteiger partial charge in [-0.15, -0.1) is 0 Å². The summed E-state index contributed by atoms with van der Waals surface area (Å²) in [6.07, 6.45) is -0.826. The molecule has 0 amide bonds. The van der Waals surface area contributed by atoms with Crippen molar-refractivity contribution >= 4 is 11.4 Å². The topological polar surface area (TPSA) is 70.2 Å². The van der Waals surface area contributed by atoms with E-state index in [1.54, 1.807) is 4.90 Å². The third-order valence-electron chi connectivity index (χ3n) is 4.85. The number of halogens is 3. The molecule has 0 saturated carbocycles. The number of nitro groups is 1. The van der Waals surface area contributed by atoms with E-state index in [1.807, 2.05) is 6.07 Å². The Balaban J connectivity index is 1.74. The number of piperidine rings is 1. The van der Waals surface area contributed by atoms with Crippen LogP contribution in [0.4, 0.5) is 24.5 Å². The van der Waals surface area contributed by atoms with E-state index in [0.717, 1.165) is 12.1 Å². The van der Waals surface area contributed by atoms with E-state index in [1.165, 1.54) is 18.2 Å². The van der Waals surface area contributed by atoms with Crippen molar-refractivity contribution in [2.24, 2.45) is 5.92 Å². The average Bonchev–Trinajstić information content (AvgIpc) is 2.67. The normalized spacial score (nSPS) is 16.0. The second-order valence-corrected chi connectivity index (χ2v) is 6.46. The summed E-state index contributed by atoms with van der Waals surface area (Å²) < 4.78 is 41.5. The van der Waals surface area contributed by atoms with Crippen LogP contribution in [-0.2, 0) is 0 Å². The molecule has 2 aromatic rings. The summed E-state index contributed by atoms with van der Waals surface area (Å²) in [6.45, 7) is 0.723. The highest BCUT2D eigenvalue weighted by Gasteiger charge is 2.31. The summed E-state index contributed by atoms with van der Waals surface area (Å²) >= 11 is 0. The quantitative estimate of drug-likeness (QED) is 0.575. The van der Waals surface area contributed by atoms with Gasteiger partial charge in [0.05, 0.1) is 16.6 Å². The fraction of sp³-hybridized carbons (Fsp3) is 0.316. The van der Waals surface area contributed by atoms with E-state index in [4.69, 9.17) is 5.26 Å². The fourth-order valence-corrected chi connectivity index (χ4v) is 3.42. The lowest BCUT2D eigenvalue weighted by atomic mass is 9.88. The van der Waals surface area contributed by atoms with Gasteiger partial charge in [0.2, 0.25) is 0 Å². The second-order valence-electron chi connectivity index (χ2n) is 6.46. The number of benzene rings is 2. The molecular formula is C19H16F3N3O2.